The van der Waals surface area contributed by atoms with Crippen LogP contribution in [0.15, 0.2) is 24.4 Å². The topological polar surface area (TPSA) is 81.1 Å². The van der Waals surface area contributed by atoms with Crippen LogP contribution in [0.1, 0.15) is 18.4 Å². The van der Waals surface area contributed by atoms with Gasteiger partial charge in [-0.3, -0.25) is 9.48 Å². The Morgan fingerprint density at radius 1 is 1.45 bits per heavy atom. The molecule has 1 atom stereocenters. The second-order valence-corrected chi connectivity index (χ2v) is 8.08. The normalized spacial score (nSPS) is 20.3. The number of rotatable bonds is 4. The molecule has 1 amide bonds. The van der Waals surface area contributed by atoms with E-state index in [-0.39, 0.29) is 23.5 Å². The molecular weight excluding hydrogens is 302 g/mol. The van der Waals surface area contributed by atoms with Gasteiger partial charge in [0.05, 0.1) is 29.8 Å². The molecule has 0 aliphatic carbocycles. The molecule has 1 N–H and O–H groups in total. The first-order valence-corrected chi connectivity index (χ1v) is 9.17. The van der Waals surface area contributed by atoms with Gasteiger partial charge < -0.3 is 5.32 Å². The lowest BCUT2D eigenvalue weighted by Crippen LogP contribution is -2.36. The van der Waals surface area contributed by atoms with Gasteiger partial charge in [-0.05, 0) is 25.5 Å². The van der Waals surface area contributed by atoms with E-state index in [9.17, 15) is 13.2 Å². The van der Waals surface area contributed by atoms with Gasteiger partial charge in [-0.15, -0.1) is 0 Å². The highest BCUT2D eigenvalue weighted by Crippen LogP contribution is 2.16. The molecule has 2 aromatic rings. The molecule has 1 aromatic carbocycles. The molecule has 3 rings (SSSR count). The van der Waals surface area contributed by atoms with E-state index in [1.165, 1.54) is 5.56 Å². The largest absolute Gasteiger partial charge is 0.352 e. The summed E-state index contributed by atoms with van der Waals surface area (Å²) in [6, 6.07) is 5.83. The summed E-state index contributed by atoms with van der Waals surface area (Å²) in [5, 5.41) is 8.16. The van der Waals surface area contributed by atoms with Crippen LogP contribution in [-0.4, -0.2) is 41.7 Å². The molecular formula is C15H19N3O3S. The third-order valence-electron chi connectivity index (χ3n) is 3.95. The first kappa shape index (κ1) is 15.0. The number of carbonyl (C=O) groups is 1. The van der Waals surface area contributed by atoms with Crippen molar-refractivity contribution < 1.29 is 13.2 Å². The second kappa shape index (κ2) is 5.72. The van der Waals surface area contributed by atoms with Crippen molar-refractivity contribution in [3.05, 3.63) is 30.0 Å². The lowest BCUT2D eigenvalue weighted by Gasteiger charge is -2.11. The van der Waals surface area contributed by atoms with Gasteiger partial charge in [-0.25, -0.2) is 8.42 Å². The summed E-state index contributed by atoms with van der Waals surface area (Å²) in [4.78, 5) is 11.9. The number of benzene rings is 1. The maximum Gasteiger partial charge on any atom is 0.222 e. The number of nitrogens with one attached hydrogen (secondary N) is 1. The van der Waals surface area contributed by atoms with E-state index in [4.69, 9.17) is 0 Å². The minimum atomic E-state index is -2.96. The number of carbonyl (C=O) groups excluding carboxylic acids is 1. The first-order chi connectivity index (χ1) is 10.4. The van der Waals surface area contributed by atoms with Crippen LogP contribution in [0.2, 0.25) is 0 Å². The minimum Gasteiger partial charge on any atom is -0.352 e. The van der Waals surface area contributed by atoms with Crippen molar-refractivity contribution in [2.75, 3.05) is 11.5 Å². The Kier molecular flexibility index (Phi) is 3.90. The van der Waals surface area contributed by atoms with Gasteiger partial charge in [-0.1, -0.05) is 11.6 Å². The molecule has 6 nitrogen and oxygen atoms in total. The molecule has 1 aliphatic rings. The van der Waals surface area contributed by atoms with Crippen LogP contribution in [0.4, 0.5) is 0 Å². The molecule has 0 spiro atoms. The first-order valence-electron chi connectivity index (χ1n) is 7.35. The molecule has 1 aliphatic heterocycles. The molecule has 1 saturated heterocycles. The Hall–Kier alpha value is -1.89. The molecule has 1 aromatic heterocycles. The predicted molar refractivity (Wildman–Crippen MR) is 84.3 cm³/mol. The molecule has 0 saturated carbocycles. The van der Waals surface area contributed by atoms with E-state index >= 15 is 0 Å². The van der Waals surface area contributed by atoms with Crippen LogP contribution < -0.4 is 5.32 Å². The molecule has 0 bridgehead atoms. The zero-order chi connectivity index (χ0) is 15.7. The van der Waals surface area contributed by atoms with Gasteiger partial charge >= 0.3 is 0 Å². The number of hydrogen-bond acceptors (Lipinski definition) is 4. The van der Waals surface area contributed by atoms with Crippen LogP contribution in [-0.2, 0) is 21.2 Å². The van der Waals surface area contributed by atoms with Gasteiger partial charge in [0.1, 0.15) is 0 Å². The second-order valence-electron chi connectivity index (χ2n) is 5.85. The highest BCUT2D eigenvalue weighted by atomic mass is 32.2. The molecule has 118 valence electrons. The van der Waals surface area contributed by atoms with E-state index in [1.54, 1.807) is 10.9 Å². The summed E-state index contributed by atoms with van der Waals surface area (Å²) in [5.74, 6) is 0.0990. The van der Waals surface area contributed by atoms with Gasteiger partial charge in [0.2, 0.25) is 5.91 Å². The van der Waals surface area contributed by atoms with Crippen molar-refractivity contribution in [3.8, 4) is 0 Å². The summed E-state index contributed by atoms with van der Waals surface area (Å²) in [6.07, 6.45) is 2.60. The number of amides is 1. The highest BCUT2D eigenvalue weighted by molar-refractivity contribution is 7.91. The van der Waals surface area contributed by atoms with Crippen molar-refractivity contribution in [2.24, 2.45) is 0 Å². The van der Waals surface area contributed by atoms with E-state index in [2.05, 4.69) is 16.5 Å². The Bertz CT molecular complexity index is 811. The fourth-order valence-electron chi connectivity index (χ4n) is 2.80. The van der Waals surface area contributed by atoms with Crippen molar-refractivity contribution in [2.45, 2.75) is 32.4 Å². The van der Waals surface area contributed by atoms with Gasteiger partial charge in [0.25, 0.3) is 0 Å². The van der Waals surface area contributed by atoms with Gasteiger partial charge in [-0.2, -0.15) is 5.10 Å². The van der Waals surface area contributed by atoms with Crippen LogP contribution >= 0.6 is 0 Å². The average Bonchev–Trinajstić information content (AvgIpc) is 2.99. The van der Waals surface area contributed by atoms with Gasteiger partial charge in [0.15, 0.2) is 9.84 Å². The van der Waals surface area contributed by atoms with E-state index in [0.29, 0.717) is 19.4 Å². The monoisotopic (exact) mass is 321 g/mol. The number of hydrogen-bond donors (Lipinski definition) is 1. The zero-order valence-electron chi connectivity index (χ0n) is 12.4. The smallest absolute Gasteiger partial charge is 0.222 e. The third kappa shape index (κ3) is 3.30. The van der Waals surface area contributed by atoms with E-state index in [1.807, 2.05) is 19.1 Å². The predicted octanol–water partition coefficient (Wildman–Crippen LogP) is 1.04. The third-order valence-corrected chi connectivity index (χ3v) is 5.71. The summed E-state index contributed by atoms with van der Waals surface area (Å²) in [5.41, 5.74) is 2.18. The van der Waals surface area contributed by atoms with Crippen LogP contribution in [0.5, 0.6) is 0 Å². The highest BCUT2D eigenvalue weighted by Gasteiger charge is 2.28. The Morgan fingerprint density at radius 3 is 3.00 bits per heavy atom. The average molecular weight is 321 g/mol. The van der Waals surface area contributed by atoms with Crippen LogP contribution in [0, 0.1) is 6.92 Å². The van der Waals surface area contributed by atoms with Gasteiger partial charge in [0, 0.05) is 17.8 Å². The Labute approximate surface area is 129 Å². The minimum absolute atomic E-state index is 0.0583. The Balaban J connectivity index is 1.58. The zero-order valence-corrected chi connectivity index (χ0v) is 13.3. The van der Waals surface area contributed by atoms with Crippen molar-refractivity contribution in [1.29, 1.82) is 0 Å². The number of nitrogens with zero attached hydrogens (tertiary/aromatic N) is 2. The summed E-state index contributed by atoms with van der Waals surface area (Å²) in [7, 11) is -2.96. The Morgan fingerprint density at radius 2 is 2.27 bits per heavy atom. The number of aryl methyl sites for hydroxylation is 2. The summed E-state index contributed by atoms with van der Waals surface area (Å²) >= 11 is 0. The maximum atomic E-state index is 11.9. The summed E-state index contributed by atoms with van der Waals surface area (Å²) < 4.78 is 24.6. The quantitative estimate of drug-likeness (QED) is 0.912. The molecule has 1 fully saturated rings. The molecule has 1 unspecified atom stereocenters. The fourth-order valence-corrected chi connectivity index (χ4v) is 4.47. The van der Waals surface area contributed by atoms with E-state index in [0.717, 1.165) is 10.9 Å². The SMILES string of the molecule is Cc1ccc2c(cnn2CCC(=O)NC2CCS(=O)(=O)C2)c1. The van der Waals surface area contributed by atoms with E-state index < -0.39 is 9.84 Å². The molecule has 0 radical (unpaired) electrons. The summed E-state index contributed by atoms with van der Waals surface area (Å²) in [6.45, 7) is 2.51. The standard InChI is InChI=1S/C15H19N3O3S/c1-11-2-3-14-12(8-11)9-16-18(14)6-4-15(19)17-13-5-7-22(20,21)10-13/h2-3,8-9,13H,4-7,10H2,1H3,(H,17,19). The number of aromatic nitrogens is 2. The number of sulfone groups is 1. The van der Waals surface area contributed by atoms with Crippen LogP contribution in [0.3, 0.4) is 0 Å². The lowest BCUT2D eigenvalue weighted by molar-refractivity contribution is -0.121. The van der Waals surface area contributed by atoms with Crippen molar-refractivity contribution in [3.63, 3.8) is 0 Å². The number of fused-ring (bicyclic) bond motifs is 1. The molecule has 7 heteroatoms. The van der Waals surface area contributed by atoms with Crippen molar-refractivity contribution in [1.82, 2.24) is 15.1 Å². The fraction of sp³-hybridized carbons (Fsp3) is 0.467. The van der Waals surface area contributed by atoms with Crippen molar-refractivity contribution >= 4 is 26.6 Å². The van der Waals surface area contributed by atoms with Crippen LogP contribution in [0.25, 0.3) is 10.9 Å². The molecule has 22 heavy (non-hydrogen) atoms. The lowest BCUT2D eigenvalue weighted by atomic mass is 10.2. The molecule has 2 heterocycles. The maximum absolute atomic E-state index is 11.9.